The van der Waals surface area contributed by atoms with Crippen molar-refractivity contribution in [3.63, 3.8) is 0 Å². The minimum Gasteiger partial charge on any atom is -0.456 e. The summed E-state index contributed by atoms with van der Waals surface area (Å²) in [5, 5.41) is 8.06. The van der Waals surface area contributed by atoms with E-state index in [0.717, 1.165) is 72.2 Å². The van der Waals surface area contributed by atoms with Crippen LogP contribution < -0.4 is 5.32 Å². The highest BCUT2D eigenvalue weighted by Crippen LogP contribution is 2.39. The minimum absolute atomic E-state index is 0.421. The molecule has 8 aromatic rings. The summed E-state index contributed by atoms with van der Waals surface area (Å²) in [5.41, 5.74) is 8.16. The highest BCUT2D eigenvalue weighted by molar-refractivity contribution is 6.29. The van der Waals surface area contributed by atoms with Gasteiger partial charge in [0.15, 0.2) is 6.17 Å². The first-order valence-corrected chi connectivity index (χ1v) is 14.8. The van der Waals surface area contributed by atoms with Crippen molar-refractivity contribution in [1.29, 1.82) is 0 Å². The summed E-state index contributed by atoms with van der Waals surface area (Å²) in [6, 6.07) is 50.2. The van der Waals surface area contributed by atoms with Gasteiger partial charge in [-0.3, -0.25) is 4.57 Å². The number of nitrogens with zero attached hydrogens (tertiary/aromatic N) is 3. The van der Waals surface area contributed by atoms with Gasteiger partial charge in [0.2, 0.25) is 5.96 Å². The maximum Gasteiger partial charge on any atom is 0.211 e. The van der Waals surface area contributed by atoms with Crippen LogP contribution in [-0.4, -0.2) is 16.4 Å². The molecule has 1 unspecified atom stereocenters. The zero-order valence-corrected chi connectivity index (χ0v) is 23.7. The van der Waals surface area contributed by atoms with Crippen molar-refractivity contribution < 1.29 is 4.42 Å². The lowest BCUT2D eigenvalue weighted by Crippen LogP contribution is -2.39. The Kier molecular flexibility index (Phi) is 5.50. The van der Waals surface area contributed by atoms with E-state index in [4.69, 9.17) is 14.4 Å². The first-order valence-electron chi connectivity index (χ1n) is 14.8. The molecule has 5 heteroatoms. The van der Waals surface area contributed by atoms with Crippen molar-refractivity contribution >= 4 is 55.5 Å². The van der Waals surface area contributed by atoms with Gasteiger partial charge >= 0.3 is 0 Å². The Hall–Kier alpha value is -5.94. The van der Waals surface area contributed by atoms with Gasteiger partial charge in [0.05, 0.1) is 16.4 Å². The molecular weight excluding hydrogens is 540 g/mol. The summed E-state index contributed by atoms with van der Waals surface area (Å²) >= 11 is 0. The molecular formula is C39H26N4O. The van der Waals surface area contributed by atoms with Gasteiger partial charge in [-0.15, -0.1) is 0 Å². The Morgan fingerprint density at radius 2 is 1.11 bits per heavy atom. The molecule has 1 N–H and O–H groups in total. The molecule has 2 aromatic heterocycles. The normalized spacial score (nSPS) is 15.0. The lowest BCUT2D eigenvalue weighted by Gasteiger charge is -2.23. The van der Waals surface area contributed by atoms with E-state index in [9.17, 15) is 0 Å². The summed E-state index contributed by atoms with van der Waals surface area (Å²) < 4.78 is 8.77. The summed E-state index contributed by atoms with van der Waals surface area (Å²) in [6.07, 6.45) is -0.421. The monoisotopic (exact) mass is 566 g/mol. The summed E-state index contributed by atoms with van der Waals surface area (Å²) in [7, 11) is 0. The molecule has 1 atom stereocenters. The molecule has 6 aromatic carbocycles. The molecule has 9 rings (SSSR count). The molecule has 0 bridgehead atoms. The van der Waals surface area contributed by atoms with Crippen molar-refractivity contribution in [2.75, 3.05) is 0 Å². The lowest BCUT2D eigenvalue weighted by molar-refractivity contribution is 0.664. The van der Waals surface area contributed by atoms with E-state index in [1.807, 2.05) is 36.4 Å². The molecule has 0 saturated carbocycles. The van der Waals surface area contributed by atoms with E-state index in [0.29, 0.717) is 0 Å². The Balaban J connectivity index is 1.27. The Bertz CT molecular complexity index is 2400. The van der Waals surface area contributed by atoms with Crippen LogP contribution in [0, 0.1) is 0 Å². The van der Waals surface area contributed by atoms with Crippen molar-refractivity contribution in [1.82, 2.24) is 9.88 Å². The Morgan fingerprint density at radius 3 is 1.91 bits per heavy atom. The van der Waals surface area contributed by atoms with Gasteiger partial charge in [-0.2, -0.15) is 0 Å². The maximum absolute atomic E-state index is 6.55. The van der Waals surface area contributed by atoms with Crippen LogP contribution in [0.1, 0.15) is 17.3 Å². The number of nitrogens with one attached hydrogen (secondary N) is 1. The van der Waals surface area contributed by atoms with Crippen LogP contribution >= 0.6 is 0 Å². The largest absolute Gasteiger partial charge is 0.456 e. The Morgan fingerprint density at radius 1 is 0.500 bits per heavy atom. The summed E-state index contributed by atoms with van der Waals surface area (Å²) in [6.45, 7) is 0. The van der Waals surface area contributed by atoms with Crippen LogP contribution in [0.3, 0.4) is 0 Å². The first kappa shape index (κ1) is 24.6. The number of benzene rings is 6. The molecule has 3 heterocycles. The second-order valence-electron chi connectivity index (χ2n) is 11.1. The van der Waals surface area contributed by atoms with Crippen LogP contribution in [0.5, 0.6) is 0 Å². The molecule has 0 fully saturated rings. The van der Waals surface area contributed by atoms with Gasteiger partial charge < -0.3 is 9.73 Å². The highest BCUT2D eigenvalue weighted by atomic mass is 16.3. The highest BCUT2D eigenvalue weighted by Gasteiger charge is 2.25. The van der Waals surface area contributed by atoms with Gasteiger partial charge in [-0.05, 0) is 46.3 Å². The first-order chi connectivity index (χ1) is 21.8. The third-order valence-corrected chi connectivity index (χ3v) is 8.48. The zero-order valence-electron chi connectivity index (χ0n) is 23.7. The quantitative estimate of drug-likeness (QED) is 0.232. The molecule has 208 valence electrons. The minimum atomic E-state index is -0.421. The second kappa shape index (κ2) is 9.82. The smallest absolute Gasteiger partial charge is 0.211 e. The standard InChI is InChI=1S/C39H26N4O/c1-3-11-25(12-4-1)26-21-23-28(24-22-26)38-40-37(27-13-5-2-6-14-27)41-39(42-38)43-31-17-9-16-30-29-15-7-8-19-33(29)44-34-20-10-18-32(43)36(34)35(30)31/h1-24,38H,(H,40,41,42). The second-order valence-corrected chi connectivity index (χ2v) is 11.1. The lowest BCUT2D eigenvalue weighted by atomic mass is 10.0. The van der Waals surface area contributed by atoms with E-state index in [2.05, 4.69) is 119 Å². The van der Waals surface area contributed by atoms with Crippen molar-refractivity contribution in [2.24, 2.45) is 9.98 Å². The number of aromatic nitrogens is 1. The predicted molar refractivity (Wildman–Crippen MR) is 180 cm³/mol. The van der Waals surface area contributed by atoms with Gasteiger partial charge in [-0.25, -0.2) is 9.98 Å². The average Bonchev–Trinajstić information content (AvgIpc) is 3.36. The van der Waals surface area contributed by atoms with Crippen LogP contribution in [-0.2, 0) is 0 Å². The average molecular weight is 567 g/mol. The van der Waals surface area contributed by atoms with Crippen LogP contribution in [0.15, 0.2) is 160 Å². The fraction of sp³-hybridized carbons (Fsp3) is 0.0256. The molecule has 44 heavy (non-hydrogen) atoms. The summed E-state index contributed by atoms with van der Waals surface area (Å²) in [5.74, 6) is 1.50. The number of amidine groups is 1. The SMILES string of the molecule is c1ccc(C2=NC(c3ccc(-c4ccccc4)cc3)N=C(n3c4cccc5oc6ccccc6c6cccc3c6c54)N2)cc1. The van der Waals surface area contributed by atoms with E-state index in [-0.39, 0.29) is 0 Å². The third-order valence-electron chi connectivity index (χ3n) is 8.48. The van der Waals surface area contributed by atoms with E-state index >= 15 is 0 Å². The van der Waals surface area contributed by atoms with E-state index in [1.165, 1.54) is 5.56 Å². The summed E-state index contributed by atoms with van der Waals surface area (Å²) in [4.78, 5) is 10.4. The number of hydrogen-bond donors (Lipinski definition) is 1. The fourth-order valence-electron chi connectivity index (χ4n) is 6.43. The van der Waals surface area contributed by atoms with Crippen molar-refractivity contribution in [3.05, 3.63) is 157 Å². The van der Waals surface area contributed by atoms with Crippen LogP contribution in [0.4, 0.5) is 0 Å². The predicted octanol–water partition coefficient (Wildman–Crippen LogP) is 9.31. The molecule has 0 radical (unpaired) electrons. The van der Waals surface area contributed by atoms with Crippen LogP contribution in [0.25, 0.3) is 54.9 Å². The van der Waals surface area contributed by atoms with Gasteiger partial charge in [-0.1, -0.05) is 121 Å². The number of fused-ring (bicyclic) bond motifs is 2. The topological polar surface area (TPSA) is 54.8 Å². The third kappa shape index (κ3) is 3.87. The van der Waals surface area contributed by atoms with Crippen LogP contribution in [0.2, 0.25) is 0 Å². The molecule has 0 amide bonds. The fourth-order valence-corrected chi connectivity index (χ4v) is 6.43. The number of para-hydroxylation sites is 1. The molecule has 1 aliphatic heterocycles. The van der Waals surface area contributed by atoms with E-state index in [1.54, 1.807) is 0 Å². The Labute approximate surface area is 253 Å². The molecule has 0 saturated heterocycles. The number of aliphatic imine (C=N–C) groups is 2. The number of rotatable bonds is 3. The van der Waals surface area contributed by atoms with Crippen molar-refractivity contribution in [2.45, 2.75) is 6.17 Å². The van der Waals surface area contributed by atoms with Crippen molar-refractivity contribution in [3.8, 4) is 11.1 Å². The van der Waals surface area contributed by atoms with Gasteiger partial charge in [0.25, 0.3) is 0 Å². The van der Waals surface area contributed by atoms with E-state index < -0.39 is 6.17 Å². The van der Waals surface area contributed by atoms with Gasteiger partial charge in [0.1, 0.15) is 17.0 Å². The molecule has 1 aliphatic rings. The molecule has 0 spiro atoms. The molecule has 5 nitrogen and oxygen atoms in total. The maximum atomic E-state index is 6.55. The molecule has 0 aliphatic carbocycles. The van der Waals surface area contributed by atoms with Gasteiger partial charge in [0, 0.05) is 16.3 Å². The zero-order chi connectivity index (χ0) is 29.0. The number of hydrogen-bond acceptors (Lipinski definition) is 4.